The van der Waals surface area contributed by atoms with Gasteiger partial charge in [-0.2, -0.15) is 0 Å². The van der Waals surface area contributed by atoms with E-state index in [1.807, 2.05) is 37.3 Å². The number of dihydropyridines is 1. The van der Waals surface area contributed by atoms with Crippen LogP contribution in [0.3, 0.4) is 0 Å². The van der Waals surface area contributed by atoms with Crippen LogP contribution in [0.5, 0.6) is 0 Å². The summed E-state index contributed by atoms with van der Waals surface area (Å²) < 4.78 is 5.58. The third-order valence-corrected chi connectivity index (χ3v) is 6.48. The lowest BCUT2D eigenvalue weighted by Crippen LogP contribution is -2.37. The van der Waals surface area contributed by atoms with E-state index in [1.54, 1.807) is 36.7 Å². The number of carbonyl (C=O) groups excluding carboxylic acids is 2. The lowest BCUT2D eigenvalue weighted by Gasteiger charge is -2.36. The summed E-state index contributed by atoms with van der Waals surface area (Å²) in [4.78, 5) is 31.2. The van der Waals surface area contributed by atoms with Crippen LogP contribution in [-0.4, -0.2) is 16.7 Å². The number of nitrogens with zero attached hydrogens (tertiary/aromatic N) is 1. The van der Waals surface area contributed by atoms with Gasteiger partial charge in [-0.25, -0.2) is 4.98 Å². The SMILES string of the molecule is CC1=C(C(=O)Nc2ccccn2)[C@@H](c2ccccc2Cl)C2=C(C[C@H](c3ccco3)CC2=O)N1. The Morgan fingerprint density at radius 1 is 1.12 bits per heavy atom. The number of benzene rings is 1. The average Bonchev–Trinajstić information content (AvgIpc) is 3.34. The molecule has 1 aliphatic heterocycles. The Balaban J connectivity index is 1.59. The van der Waals surface area contributed by atoms with Crippen LogP contribution in [0.25, 0.3) is 0 Å². The highest BCUT2D eigenvalue weighted by Gasteiger charge is 2.42. The average molecular weight is 460 g/mol. The molecule has 2 atom stereocenters. The molecule has 1 aliphatic carbocycles. The van der Waals surface area contributed by atoms with E-state index < -0.39 is 5.92 Å². The van der Waals surface area contributed by atoms with Gasteiger partial charge in [0.1, 0.15) is 11.6 Å². The number of aromatic nitrogens is 1. The minimum absolute atomic E-state index is 0.0225. The molecule has 6 nitrogen and oxygen atoms in total. The summed E-state index contributed by atoms with van der Waals surface area (Å²) in [7, 11) is 0. The van der Waals surface area contributed by atoms with E-state index in [0.29, 0.717) is 40.5 Å². The first-order valence-corrected chi connectivity index (χ1v) is 11.1. The first-order chi connectivity index (χ1) is 16.0. The lowest BCUT2D eigenvalue weighted by molar-refractivity contribution is -0.116. The van der Waals surface area contributed by atoms with Crippen molar-refractivity contribution in [2.24, 2.45) is 0 Å². The molecule has 3 aromatic rings. The number of nitrogens with one attached hydrogen (secondary N) is 2. The number of pyridine rings is 1. The van der Waals surface area contributed by atoms with Crippen molar-refractivity contribution in [1.82, 2.24) is 10.3 Å². The fourth-order valence-corrected chi connectivity index (χ4v) is 4.95. The zero-order valence-electron chi connectivity index (χ0n) is 18.0. The highest BCUT2D eigenvalue weighted by atomic mass is 35.5. The normalized spacial score (nSPS) is 20.4. The quantitative estimate of drug-likeness (QED) is 0.551. The second kappa shape index (κ2) is 8.71. The van der Waals surface area contributed by atoms with Gasteiger partial charge in [-0.05, 0) is 49.2 Å². The Bertz CT molecular complexity index is 1280. The standard InChI is InChI=1S/C26H22ClN3O3/c1-15-23(26(32)30-22-10-4-5-11-28-22)24(17-7-2-3-8-18(17)27)25-19(29-15)13-16(14-20(25)31)21-9-6-12-33-21/h2-12,16,24,29H,13-14H2,1H3,(H,28,30,32)/t16-,24+/m0/s1. The van der Waals surface area contributed by atoms with E-state index in [1.165, 1.54) is 0 Å². The minimum atomic E-state index is -0.580. The van der Waals surface area contributed by atoms with Gasteiger partial charge in [0.2, 0.25) is 0 Å². The van der Waals surface area contributed by atoms with Crippen LogP contribution < -0.4 is 10.6 Å². The third kappa shape index (κ3) is 3.98. The zero-order valence-corrected chi connectivity index (χ0v) is 18.7. The number of anilines is 1. The van der Waals surface area contributed by atoms with E-state index in [-0.39, 0.29) is 17.6 Å². The van der Waals surface area contributed by atoms with Crippen LogP contribution >= 0.6 is 11.6 Å². The van der Waals surface area contributed by atoms with Gasteiger partial charge in [0.25, 0.3) is 5.91 Å². The number of Topliss-reactive ketones (excluding diaryl/α,β-unsaturated/α-hetero) is 1. The topological polar surface area (TPSA) is 84.2 Å². The molecule has 7 heteroatoms. The number of hydrogen-bond acceptors (Lipinski definition) is 5. The molecule has 1 amide bonds. The molecule has 0 fully saturated rings. The van der Waals surface area contributed by atoms with E-state index >= 15 is 0 Å². The van der Waals surface area contributed by atoms with Gasteiger partial charge in [-0.15, -0.1) is 0 Å². The largest absolute Gasteiger partial charge is 0.469 e. The van der Waals surface area contributed by atoms with Crippen molar-refractivity contribution in [3.05, 3.63) is 106 Å². The molecule has 5 rings (SSSR count). The fraction of sp³-hybridized carbons (Fsp3) is 0.192. The highest BCUT2D eigenvalue weighted by molar-refractivity contribution is 6.31. The number of amides is 1. The molecule has 0 saturated carbocycles. The van der Waals surface area contributed by atoms with Gasteiger partial charge in [0, 0.05) is 52.0 Å². The van der Waals surface area contributed by atoms with E-state index in [9.17, 15) is 9.59 Å². The summed E-state index contributed by atoms with van der Waals surface area (Å²) in [6.45, 7) is 1.85. The van der Waals surface area contributed by atoms with Crippen LogP contribution in [0.2, 0.25) is 5.02 Å². The first kappa shape index (κ1) is 21.2. The van der Waals surface area contributed by atoms with E-state index in [2.05, 4.69) is 15.6 Å². The molecule has 0 saturated heterocycles. The molecule has 3 heterocycles. The molecule has 0 radical (unpaired) electrons. The van der Waals surface area contributed by atoms with E-state index in [0.717, 1.165) is 17.0 Å². The minimum Gasteiger partial charge on any atom is -0.469 e. The summed E-state index contributed by atoms with van der Waals surface area (Å²) in [6.07, 6.45) is 4.16. The van der Waals surface area contributed by atoms with Crippen LogP contribution in [-0.2, 0) is 9.59 Å². The Kier molecular flexibility index (Phi) is 5.60. The summed E-state index contributed by atoms with van der Waals surface area (Å²) >= 11 is 6.59. The lowest BCUT2D eigenvalue weighted by atomic mass is 9.72. The molecule has 166 valence electrons. The van der Waals surface area contributed by atoms with Crippen LogP contribution in [0.15, 0.2) is 94.0 Å². The van der Waals surface area contributed by atoms with Crippen molar-refractivity contribution in [3.63, 3.8) is 0 Å². The number of ketones is 1. The van der Waals surface area contributed by atoms with Gasteiger partial charge in [0.05, 0.1) is 6.26 Å². The molecule has 0 spiro atoms. The highest BCUT2D eigenvalue weighted by Crippen LogP contribution is 2.47. The van der Waals surface area contributed by atoms with Crippen molar-refractivity contribution in [2.45, 2.75) is 31.6 Å². The number of carbonyl (C=O) groups is 2. The van der Waals surface area contributed by atoms with Gasteiger partial charge >= 0.3 is 0 Å². The Morgan fingerprint density at radius 3 is 2.67 bits per heavy atom. The molecule has 2 aromatic heterocycles. The Labute approximate surface area is 196 Å². The molecule has 0 unspecified atom stereocenters. The van der Waals surface area contributed by atoms with Crippen molar-refractivity contribution >= 4 is 29.1 Å². The maximum Gasteiger partial charge on any atom is 0.255 e. The van der Waals surface area contributed by atoms with Crippen molar-refractivity contribution in [3.8, 4) is 0 Å². The fourth-order valence-electron chi connectivity index (χ4n) is 4.71. The zero-order chi connectivity index (χ0) is 22.9. The molecular formula is C26H22ClN3O3. The number of furan rings is 1. The summed E-state index contributed by atoms with van der Waals surface area (Å²) in [5.74, 6) is 0.243. The number of hydrogen-bond donors (Lipinski definition) is 2. The first-order valence-electron chi connectivity index (χ1n) is 10.8. The maximum atomic E-state index is 13.5. The van der Waals surface area contributed by atoms with Gasteiger partial charge in [-0.3, -0.25) is 9.59 Å². The van der Waals surface area contributed by atoms with Crippen LogP contribution in [0.1, 0.15) is 42.9 Å². The Morgan fingerprint density at radius 2 is 1.94 bits per heavy atom. The summed E-state index contributed by atoms with van der Waals surface area (Å²) in [5, 5.41) is 6.72. The van der Waals surface area contributed by atoms with Crippen molar-refractivity contribution < 1.29 is 14.0 Å². The molecule has 2 N–H and O–H groups in total. The van der Waals surface area contributed by atoms with Gasteiger partial charge in [-0.1, -0.05) is 35.9 Å². The number of allylic oxidation sites excluding steroid dienone is 3. The smallest absolute Gasteiger partial charge is 0.255 e. The monoisotopic (exact) mass is 459 g/mol. The molecule has 0 bridgehead atoms. The summed E-state index contributed by atoms with van der Waals surface area (Å²) in [6, 6.07) is 16.4. The second-order valence-corrected chi connectivity index (χ2v) is 8.63. The molecule has 1 aromatic carbocycles. The molecule has 2 aliphatic rings. The third-order valence-electron chi connectivity index (χ3n) is 6.14. The maximum absolute atomic E-state index is 13.5. The van der Waals surface area contributed by atoms with Crippen molar-refractivity contribution in [2.75, 3.05) is 5.32 Å². The summed E-state index contributed by atoms with van der Waals surface area (Å²) in [5.41, 5.74) is 3.26. The predicted molar refractivity (Wildman–Crippen MR) is 126 cm³/mol. The molecule has 33 heavy (non-hydrogen) atoms. The van der Waals surface area contributed by atoms with Crippen LogP contribution in [0, 0.1) is 0 Å². The second-order valence-electron chi connectivity index (χ2n) is 8.22. The van der Waals surface area contributed by atoms with E-state index in [4.69, 9.17) is 16.0 Å². The van der Waals surface area contributed by atoms with Crippen LogP contribution in [0.4, 0.5) is 5.82 Å². The molecular weight excluding hydrogens is 438 g/mol. The van der Waals surface area contributed by atoms with Crippen molar-refractivity contribution in [1.29, 1.82) is 0 Å². The number of rotatable bonds is 4. The Hall–Kier alpha value is -3.64. The van der Waals surface area contributed by atoms with Gasteiger partial charge in [0.15, 0.2) is 5.78 Å². The number of halogens is 1. The van der Waals surface area contributed by atoms with Gasteiger partial charge < -0.3 is 15.1 Å². The predicted octanol–water partition coefficient (Wildman–Crippen LogP) is 5.33.